The molecule has 0 spiro atoms. The Balaban J connectivity index is 1.67. The van der Waals surface area contributed by atoms with Gasteiger partial charge in [0.1, 0.15) is 5.82 Å². The summed E-state index contributed by atoms with van der Waals surface area (Å²) in [6.45, 7) is 0.349. The van der Waals surface area contributed by atoms with Crippen LogP contribution < -0.4 is 14.8 Å². The van der Waals surface area contributed by atoms with E-state index in [4.69, 9.17) is 21.1 Å². The summed E-state index contributed by atoms with van der Waals surface area (Å²) in [6.07, 6.45) is -0.797. The number of benzene rings is 2. The van der Waals surface area contributed by atoms with E-state index in [0.717, 1.165) is 0 Å². The standard InChI is InChI=1S/C15H13ClFNO3/c16-10-2-3-12(11(17)6-10)18-7-13(19)9-1-4-14-15(5-9)21-8-20-14/h1-6,13,18-19H,7-8H2. The minimum Gasteiger partial charge on any atom is -0.454 e. The molecule has 2 aromatic rings. The highest BCUT2D eigenvalue weighted by atomic mass is 35.5. The lowest BCUT2D eigenvalue weighted by molar-refractivity contribution is 0.173. The zero-order chi connectivity index (χ0) is 14.8. The molecule has 1 aliphatic heterocycles. The summed E-state index contributed by atoms with van der Waals surface area (Å²) in [5.41, 5.74) is 0.959. The molecular weight excluding hydrogens is 297 g/mol. The van der Waals surface area contributed by atoms with Gasteiger partial charge in [-0.1, -0.05) is 17.7 Å². The molecule has 0 amide bonds. The highest BCUT2D eigenvalue weighted by Crippen LogP contribution is 2.34. The average Bonchev–Trinajstić information content (AvgIpc) is 2.93. The van der Waals surface area contributed by atoms with E-state index >= 15 is 0 Å². The number of nitrogens with one attached hydrogen (secondary N) is 1. The van der Waals surface area contributed by atoms with Gasteiger partial charge in [-0.2, -0.15) is 0 Å². The summed E-state index contributed by atoms with van der Waals surface area (Å²) in [6, 6.07) is 9.54. The van der Waals surface area contributed by atoms with Crippen LogP contribution in [-0.4, -0.2) is 18.4 Å². The lowest BCUT2D eigenvalue weighted by atomic mass is 10.1. The van der Waals surface area contributed by atoms with Crippen LogP contribution in [0.3, 0.4) is 0 Å². The Morgan fingerprint density at radius 3 is 2.81 bits per heavy atom. The van der Waals surface area contributed by atoms with Gasteiger partial charge >= 0.3 is 0 Å². The van der Waals surface area contributed by atoms with Crippen molar-refractivity contribution in [2.45, 2.75) is 6.10 Å². The first kappa shape index (κ1) is 14.0. The molecule has 1 heterocycles. The second kappa shape index (κ2) is 5.79. The van der Waals surface area contributed by atoms with Crippen molar-refractivity contribution < 1.29 is 19.0 Å². The monoisotopic (exact) mass is 309 g/mol. The van der Waals surface area contributed by atoms with Crippen LogP contribution >= 0.6 is 11.6 Å². The van der Waals surface area contributed by atoms with Crippen LogP contribution in [0.2, 0.25) is 5.02 Å². The van der Waals surface area contributed by atoms with Crippen molar-refractivity contribution in [3.05, 3.63) is 52.8 Å². The van der Waals surface area contributed by atoms with Gasteiger partial charge in [-0.05, 0) is 35.9 Å². The highest BCUT2D eigenvalue weighted by Gasteiger charge is 2.16. The first-order chi connectivity index (χ1) is 10.1. The summed E-state index contributed by atoms with van der Waals surface area (Å²) in [7, 11) is 0. The van der Waals surface area contributed by atoms with Crippen LogP contribution in [0.1, 0.15) is 11.7 Å². The summed E-state index contributed by atoms with van der Waals surface area (Å²) in [5.74, 6) is 0.798. The molecule has 0 fully saturated rings. The summed E-state index contributed by atoms with van der Waals surface area (Å²) < 4.78 is 24.1. The number of halogens is 2. The normalized spacial score (nSPS) is 14.0. The lowest BCUT2D eigenvalue weighted by Crippen LogP contribution is -2.13. The fourth-order valence-corrected chi connectivity index (χ4v) is 2.24. The predicted molar refractivity (Wildman–Crippen MR) is 77.4 cm³/mol. The Bertz CT molecular complexity index is 665. The van der Waals surface area contributed by atoms with Gasteiger partial charge in [-0.3, -0.25) is 0 Å². The number of ether oxygens (including phenoxy) is 2. The molecule has 110 valence electrons. The molecule has 21 heavy (non-hydrogen) atoms. The summed E-state index contributed by atoms with van der Waals surface area (Å²) >= 11 is 5.69. The van der Waals surface area contributed by atoms with Crippen LogP contribution in [0.4, 0.5) is 10.1 Å². The van der Waals surface area contributed by atoms with Gasteiger partial charge in [0.25, 0.3) is 0 Å². The molecule has 1 unspecified atom stereocenters. The molecule has 0 saturated carbocycles. The first-order valence-electron chi connectivity index (χ1n) is 6.40. The molecule has 0 saturated heterocycles. The molecule has 0 aromatic heterocycles. The minimum absolute atomic E-state index is 0.165. The van der Waals surface area contributed by atoms with Crippen molar-refractivity contribution in [2.24, 2.45) is 0 Å². The first-order valence-corrected chi connectivity index (χ1v) is 6.78. The zero-order valence-electron chi connectivity index (χ0n) is 11.0. The largest absolute Gasteiger partial charge is 0.454 e. The van der Waals surface area contributed by atoms with Gasteiger partial charge in [0, 0.05) is 11.6 Å². The zero-order valence-corrected chi connectivity index (χ0v) is 11.7. The molecule has 0 bridgehead atoms. The van der Waals surface area contributed by atoms with Gasteiger partial charge in [0.15, 0.2) is 11.5 Å². The molecule has 0 aliphatic carbocycles. The number of fused-ring (bicyclic) bond motifs is 1. The Morgan fingerprint density at radius 1 is 1.19 bits per heavy atom. The third-order valence-electron chi connectivity index (χ3n) is 3.20. The van der Waals surface area contributed by atoms with Crippen LogP contribution in [0, 0.1) is 5.82 Å². The third-order valence-corrected chi connectivity index (χ3v) is 3.43. The molecule has 2 N–H and O–H groups in total. The maximum Gasteiger partial charge on any atom is 0.231 e. The van der Waals surface area contributed by atoms with E-state index in [9.17, 15) is 9.50 Å². The number of rotatable bonds is 4. The van der Waals surface area contributed by atoms with Gasteiger partial charge in [0.05, 0.1) is 11.8 Å². The molecule has 0 radical (unpaired) electrons. The molecule has 1 aliphatic rings. The average molecular weight is 310 g/mol. The van der Waals surface area contributed by atoms with E-state index < -0.39 is 11.9 Å². The topological polar surface area (TPSA) is 50.7 Å². The molecular formula is C15H13ClFNO3. The Morgan fingerprint density at radius 2 is 2.00 bits per heavy atom. The second-order valence-electron chi connectivity index (χ2n) is 4.63. The number of hydrogen-bond acceptors (Lipinski definition) is 4. The van der Waals surface area contributed by atoms with E-state index in [1.165, 1.54) is 12.1 Å². The van der Waals surface area contributed by atoms with Crippen LogP contribution in [0.5, 0.6) is 11.5 Å². The van der Waals surface area contributed by atoms with Crippen LogP contribution in [0.25, 0.3) is 0 Å². The van der Waals surface area contributed by atoms with Crippen molar-refractivity contribution in [2.75, 3.05) is 18.7 Å². The van der Waals surface area contributed by atoms with E-state index in [-0.39, 0.29) is 13.3 Å². The van der Waals surface area contributed by atoms with Crippen molar-refractivity contribution in [3.8, 4) is 11.5 Å². The fourth-order valence-electron chi connectivity index (χ4n) is 2.08. The van der Waals surface area contributed by atoms with Crippen LogP contribution in [0.15, 0.2) is 36.4 Å². The second-order valence-corrected chi connectivity index (χ2v) is 5.07. The van der Waals surface area contributed by atoms with Crippen LogP contribution in [-0.2, 0) is 0 Å². The highest BCUT2D eigenvalue weighted by molar-refractivity contribution is 6.30. The third kappa shape index (κ3) is 3.04. The number of hydrogen-bond donors (Lipinski definition) is 2. The summed E-state index contributed by atoms with van der Waals surface area (Å²) in [5, 5.41) is 13.3. The molecule has 6 heteroatoms. The fraction of sp³-hybridized carbons (Fsp3) is 0.200. The van der Waals surface area contributed by atoms with E-state index in [1.807, 2.05) is 0 Å². The Hall–Kier alpha value is -1.98. The Kier molecular flexibility index (Phi) is 3.86. The van der Waals surface area contributed by atoms with E-state index in [2.05, 4.69) is 5.32 Å². The molecule has 2 aromatic carbocycles. The van der Waals surface area contributed by atoms with E-state index in [0.29, 0.717) is 27.8 Å². The van der Waals surface area contributed by atoms with Crippen molar-refractivity contribution in [3.63, 3.8) is 0 Å². The molecule has 3 rings (SSSR count). The lowest BCUT2D eigenvalue weighted by Gasteiger charge is -2.14. The predicted octanol–water partition coefficient (Wildman–Crippen LogP) is 3.35. The van der Waals surface area contributed by atoms with Gasteiger partial charge in [-0.15, -0.1) is 0 Å². The molecule has 1 atom stereocenters. The molecule has 4 nitrogen and oxygen atoms in total. The van der Waals surface area contributed by atoms with Gasteiger partial charge in [-0.25, -0.2) is 4.39 Å². The summed E-state index contributed by atoms with van der Waals surface area (Å²) in [4.78, 5) is 0. The van der Waals surface area contributed by atoms with Crippen molar-refractivity contribution in [1.29, 1.82) is 0 Å². The number of aliphatic hydroxyl groups excluding tert-OH is 1. The Labute approximate surface area is 126 Å². The van der Waals surface area contributed by atoms with Gasteiger partial charge in [0.2, 0.25) is 6.79 Å². The number of anilines is 1. The number of aliphatic hydroxyl groups is 1. The quantitative estimate of drug-likeness (QED) is 0.909. The van der Waals surface area contributed by atoms with Gasteiger partial charge < -0.3 is 19.9 Å². The van der Waals surface area contributed by atoms with Crippen molar-refractivity contribution in [1.82, 2.24) is 0 Å². The minimum atomic E-state index is -0.797. The SMILES string of the molecule is OC(CNc1ccc(Cl)cc1F)c1ccc2c(c1)OCO2. The van der Waals surface area contributed by atoms with Crippen molar-refractivity contribution >= 4 is 17.3 Å². The smallest absolute Gasteiger partial charge is 0.231 e. The van der Waals surface area contributed by atoms with E-state index in [1.54, 1.807) is 24.3 Å². The maximum absolute atomic E-state index is 13.6. The maximum atomic E-state index is 13.6.